The van der Waals surface area contributed by atoms with Crippen molar-refractivity contribution >= 4 is 15.9 Å². The first kappa shape index (κ1) is 16.3. The van der Waals surface area contributed by atoms with E-state index in [1.165, 1.54) is 22.3 Å². The van der Waals surface area contributed by atoms with Crippen LogP contribution in [-0.2, 0) is 6.42 Å². The van der Waals surface area contributed by atoms with E-state index in [0.29, 0.717) is 5.92 Å². The van der Waals surface area contributed by atoms with Gasteiger partial charge in [-0.05, 0) is 55.6 Å². The normalized spacial score (nSPS) is 12.4. The Morgan fingerprint density at radius 2 is 1.90 bits per heavy atom. The van der Waals surface area contributed by atoms with Crippen LogP contribution in [0.2, 0.25) is 0 Å². The molecule has 0 aromatic heterocycles. The lowest BCUT2D eigenvalue weighted by Crippen LogP contribution is -2.23. The Labute approximate surface area is 136 Å². The van der Waals surface area contributed by atoms with Crippen LogP contribution in [0.5, 0.6) is 0 Å². The molecule has 0 fully saturated rings. The Bertz CT molecular complexity index is 592. The summed E-state index contributed by atoms with van der Waals surface area (Å²) < 4.78 is 1.16. The lowest BCUT2D eigenvalue weighted by molar-refractivity contribution is 0.593. The van der Waals surface area contributed by atoms with Crippen LogP contribution in [-0.4, -0.2) is 13.1 Å². The van der Waals surface area contributed by atoms with Crippen molar-refractivity contribution in [1.29, 1.82) is 0 Å². The van der Waals surface area contributed by atoms with E-state index >= 15 is 0 Å². The van der Waals surface area contributed by atoms with E-state index in [9.17, 15) is 0 Å². The largest absolute Gasteiger partial charge is 0.316 e. The van der Waals surface area contributed by atoms with Crippen molar-refractivity contribution in [3.63, 3.8) is 0 Å². The minimum atomic E-state index is 0.503. The van der Waals surface area contributed by atoms with Gasteiger partial charge in [0.1, 0.15) is 0 Å². The minimum absolute atomic E-state index is 0.503. The number of rotatable bonds is 6. The number of likely N-dealkylation sites (N-methyl/N-ethyl adjacent to an activating group) is 1. The van der Waals surface area contributed by atoms with Crippen LogP contribution < -0.4 is 5.32 Å². The zero-order valence-electron chi connectivity index (χ0n) is 13.1. The Balaban J connectivity index is 2.25. The first-order valence-corrected chi connectivity index (χ1v) is 8.41. The van der Waals surface area contributed by atoms with Crippen molar-refractivity contribution in [3.05, 3.63) is 69.2 Å². The van der Waals surface area contributed by atoms with Gasteiger partial charge in [-0.2, -0.15) is 0 Å². The van der Waals surface area contributed by atoms with Gasteiger partial charge in [0.2, 0.25) is 0 Å². The van der Waals surface area contributed by atoms with Crippen molar-refractivity contribution in [1.82, 2.24) is 5.32 Å². The highest BCUT2D eigenvalue weighted by atomic mass is 79.9. The van der Waals surface area contributed by atoms with E-state index < -0.39 is 0 Å². The van der Waals surface area contributed by atoms with Gasteiger partial charge in [-0.3, -0.25) is 0 Å². The molecule has 0 heterocycles. The molecule has 2 aromatic rings. The summed E-state index contributed by atoms with van der Waals surface area (Å²) in [4.78, 5) is 0. The summed E-state index contributed by atoms with van der Waals surface area (Å²) in [5.41, 5.74) is 5.58. The second-order valence-corrected chi connectivity index (χ2v) is 6.61. The number of nitrogens with one attached hydrogen (secondary N) is 1. The molecule has 2 rings (SSSR count). The number of halogens is 1. The highest BCUT2D eigenvalue weighted by Gasteiger charge is 2.14. The molecule has 1 atom stereocenters. The summed E-state index contributed by atoms with van der Waals surface area (Å²) in [6.45, 7) is 8.56. The molecule has 0 bridgehead atoms. The molecule has 1 unspecified atom stereocenters. The van der Waals surface area contributed by atoms with Crippen LogP contribution in [0.4, 0.5) is 0 Å². The van der Waals surface area contributed by atoms with Gasteiger partial charge in [0.15, 0.2) is 0 Å². The fraction of sp³-hybridized carbons (Fsp3) is 0.368. The summed E-state index contributed by atoms with van der Waals surface area (Å²) in [6.07, 6.45) is 1.08. The molecule has 1 nitrogen and oxygen atoms in total. The van der Waals surface area contributed by atoms with E-state index in [0.717, 1.165) is 24.0 Å². The van der Waals surface area contributed by atoms with E-state index in [4.69, 9.17) is 0 Å². The maximum absolute atomic E-state index is 3.59. The maximum Gasteiger partial charge on any atom is 0.0178 e. The van der Waals surface area contributed by atoms with Gasteiger partial charge in [-0.1, -0.05) is 58.7 Å². The van der Waals surface area contributed by atoms with Crippen molar-refractivity contribution in [2.45, 2.75) is 33.1 Å². The van der Waals surface area contributed by atoms with Crippen LogP contribution in [0.1, 0.15) is 35.1 Å². The fourth-order valence-electron chi connectivity index (χ4n) is 2.67. The minimum Gasteiger partial charge on any atom is -0.316 e. The number of hydrogen-bond acceptors (Lipinski definition) is 1. The predicted molar refractivity (Wildman–Crippen MR) is 95.0 cm³/mol. The van der Waals surface area contributed by atoms with Gasteiger partial charge in [0.05, 0.1) is 0 Å². The highest BCUT2D eigenvalue weighted by molar-refractivity contribution is 9.10. The zero-order chi connectivity index (χ0) is 15.2. The molecular weight excluding hydrogens is 322 g/mol. The molecule has 1 N–H and O–H groups in total. The number of hydrogen-bond donors (Lipinski definition) is 1. The van der Waals surface area contributed by atoms with Gasteiger partial charge < -0.3 is 5.32 Å². The molecule has 0 spiro atoms. The van der Waals surface area contributed by atoms with E-state index in [1.807, 2.05) is 0 Å². The average molecular weight is 346 g/mol. The second kappa shape index (κ2) is 7.77. The van der Waals surface area contributed by atoms with Crippen molar-refractivity contribution in [2.24, 2.45) is 0 Å². The van der Waals surface area contributed by atoms with Crippen molar-refractivity contribution in [3.8, 4) is 0 Å². The molecule has 0 aliphatic rings. The SMILES string of the molecule is CCNCC(Cc1cc(C)ccc1C)c1cccc(Br)c1. The summed E-state index contributed by atoms with van der Waals surface area (Å²) in [7, 11) is 0. The van der Waals surface area contributed by atoms with Gasteiger partial charge in [0.25, 0.3) is 0 Å². The zero-order valence-corrected chi connectivity index (χ0v) is 14.7. The molecule has 21 heavy (non-hydrogen) atoms. The second-order valence-electron chi connectivity index (χ2n) is 5.69. The summed E-state index contributed by atoms with van der Waals surface area (Å²) in [6, 6.07) is 15.4. The van der Waals surface area contributed by atoms with Crippen LogP contribution in [0.15, 0.2) is 46.9 Å². The fourth-order valence-corrected chi connectivity index (χ4v) is 3.09. The summed E-state index contributed by atoms with van der Waals surface area (Å²) in [5, 5.41) is 3.51. The van der Waals surface area contributed by atoms with E-state index in [2.05, 4.69) is 84.5 Å². The smallest absolute Gasteiger partial charge is 0.0178 e. The first-order valence-electron chi connectivity index (χ1n) is 7.62. The van der Waals surface area contributed by atoms with Crippen LogP contribution >= 0.6 is 15.9 Å². The van der Waals surface area contributed by atoms with Gasteiger partial charge in [-0.25, -0.2) is 0 Å². The van der Waals surface area contributed by atoms with Crippen LogP contribution in [0, 0.1) is 13.8 Å². The van der Waals surface area contributed by atoms with Crippen molar-refractivity contribution in [2.75, 3.05) is 13.1 Å². The third kappa shape index (κ3) is 4.69. The van der Waals surface area contributed by atoms with E-state index in [1.54, 1.807) is 0 Å². The molecule has 0 aliphatic heterocycles. The van der Waals surface area contributed by atoms with Gasteiger partial charge in [-0.15, -0.1) is 0 Å². The number of benzene rings is 2. The Morgan fingerprint density at radius 3 is 2.62 bits per heavy atom. The molecule has 0 amide bonds. The van der Waals surface area contributed by atoms with Crippen molar-refractivity contribution < 1.29 is 0 Å². The molecule has 2 aromatic carbocycles. The third-order valence-electron chi connectivity index (χ3n) is 3.93. The third-order valence-corrected chi connectivity index (χ3v) is 4.43. The van der Waals surface area contributed by atoms with Gasteiger partial charge >= 0.3 is 0 Å². The van der Waals surface area contributed by atoms with Crippen LogP contribution in [0.3, 0.4) is 0 Å². The standard InChI is InChI=1S/C19H24BrN/c1-4-21-13-18(16-6-5-7-19(20)12-16)11-17-10-14(2)8-9-15(17)3/h5-10,12,18,21H,4,11,13H2,1-3H3. The Kier molecular flexibility index (Phi) is 6.01. The Morgan fingerprint density at radius 1 is 1.10 bits per heavy atom. The molecular formula is C19H24BrN. The quantitative estimate of drug-likeness (QED) is 0.776. The molecule has 0 saturated carbocycles. The Hall–Kier alpha value is -1.12. The van der Waals surface area contributed by atoms with Crippen LogP contribution in [0.25, 0.3) is 0 Å². The molecule has 0 aliphatic carbocycles. The molecule has 112 valence electrons. The highest BCUT2D eigenvalue weighted by Crippen LogP contribution is 2.25. The van der Waals surface area contributed by atoms with E-state index in [-0.39, 0.29) is 0 Å². The maximum atomic E-state index is 3.59. The monoisotopic (exact) mass is 345 g/mol. The lowest BCUT2D eigenvalue weighted by atomic mass is 9.89. The average Bonchev–Trinajstić information content (AvgIpc) is 2.47. The molecule has 0 radical (unpaired) electrons. The lowest BCUT2D eigenvalue weighted by Gasteiger charge is -2.20. The first-order chi connectivity index (χ1) is 10.1. The summed E-state index contributed by atoms with van der Waals surface area (Å²) >= 11 is 3.59. The summed E-state index contributed by atoms with van der Waals surface area (Å²) in [5.74, 6) is 0.503. The number of aryl methyl sites for hydroxylation is 2. The predicted octanol–water partition coefficient (Wildman–Crippen LogP) is 5.00. The molecule has 0 saturated heterocycles. The van der Waals surface area contributed by atoms with Gasteiger partial charge in [0, 0.05) is 16.9 Å². The topological polar surface area (TPSA) is 12.0 Å². The molecule has 2 heteroatoms.